The molecule has 0 N–H and O–H groups in total. The summed E-state index contributed by atoms with van der Waals surface area (Å²) in [6, 6.07) is 8.53. The van der Waals surface area contributed by atoms with Gasteiger partial charge in [0.15, 0.2) is 0 Å². The lowest BCUT2D eigenvalue weighted by molar-refractivity contribution is 1.37. The Bertz CT molecular complexity index is 568. The van der Waals surface area contributed by atoms with Gasteiger partial charge in [-0.05, 0) is 29.0 Å². The summed E-state index contributed by atoms with van der Waals surface area (Å²) < 4.78 is 1.35. The van der Waals surface area contributed by atoms with Crippen molar-refractivity contribution in [3.63, 3.8) is 0 Å². The predicted molar refractivity (Wildman–Crippen MR) is 57.1 cm³/mol. The first kappa shape index (κ1) is 7.04. The molecule has 0 bridgehead atoms. The van der Waals surface area contributed by atoms with Gasteiger partial charge in [0.05, 0.1) is 0 Å². The molecule has 2 heteroatoms. The molecule has 1 aromatic carbocycles. The fraction of sp³-hybridized carbons (Fsp3) is 0. The molecule has 0 atom stereocenters. The van der Waals surface area contributed by atoms with Crippen LogP contribution in [0.2, 0.25) is 0 Å². The molecule has 0 radical (unpaired) electrons. The Labute approximate surface area is 79.7 Å². The zero-order valence-corrected chi connectivity index (χ0v) is 7.71. The second-order valence-electron chi connectivity index (χ2n) is 2.99. The van der Waals surface area contributed by atoms with Crippen LogP contribution in [0.5, 0.6) is 0 Å². The van der Waals surface area contributed by atoms with Crippen molar-refractivity contribution in [2.45, 2.75) is 0 Å². The third-order valence-electron chi connectivity index (χ3n) is 2.25. The standard InChI is InChI=1S/C11H7NS/c1-2-11-10(4-6-13-11)9-3-5-12-7-8(1)9/h1-7H. The number of rotatable bonds is 0. The minimum absolute atomic E-state index is 1.22. The van der Waals surface area contributed by atoms with Gasteiger partial charge in [0.2, 0.25) is 0 Å². The predicted octanol–water partition coefficient (Wildman–Crippen LogP) is 3.45. The van der Waals surface area contributed by atoms with E-state index in [0.29, 0.717) is 0 Å². The van der Waals surface area contributed by atoms with E-state index in [9.17, 15) is 0 Å². The van der Waals surface area contributed by atoms with Crippen LogP contribution in [0, 0.1) is 0 Å². The Kier molecular flexibility index (Phi) is 1.37. The third kappa shape index (κ3) is 0.956. The van der Waals surface area contributed by atoms with Crippen molar-refractivity contribution in [3.05, 3.63) is 42.0 Å². The highest BCUT2D eigenvalue weighted by atomic mass is 32.1. The summed E-state index contributed by atoms with van der Waals surface area (Å²) in [5.41, 5.74) is 0. The Hall–Kier alpha value is -1.41. The molecule has 1 nitrogen and oxygen atoms in total. The molecular formula is C11H7NS. The van der Waals surface area contributed by atoms with Crippen LogP contribution in [0.3, 0.4) is 0 Å². The lowest BCUT2D eigenvalue weighted by Gasteiger charge is -1.97. The van der Waals surface area contributed by atoms with E-state index >= 15 is 0 Å². The molecule has 0 unspecified atom stereocenters. The van der Waals surface area contributed by atoms with Crippen molar-refractivity contribution in [2.24, 2.45) is 0 Å². The Morgan fingerprint density at radius 2 is 2.00 bits per heavy atom. The molecule has 0 saturated carbocycles. The Morgan fingerprint density at radius 1 is 1.00 bits per heavy atom. The number of fused-ring (bicyclic) bond motifs is 3. The topological polar surface area (TPSA) is 12.9 Å². The molecule has 0 spiro atoms. The molecule has 13 heavy (non-hydrogen) atoms. The number of hydrogen-bond acceptors (Lipinski definition) is 2. The monoisotopic (exact) mass is 185 g/mol. The highest BCUT2D eigenvalue weighted by Gasteiger charge is 1.99. The number of hydrogen-bond donors (Lipinski definition) is 0. The van der Waals surface area contributed by atoms with Crippen molar-refractivity contribution >= 4 is 32.2 Å². The van der Waals surface area contributed by atoms with E-state index in [0.717, 1.165) is 0 Å². The van der Waals surface area contributed by atoms with Gasteiger partial charge in [-0.25, -0.2) is 0 Å². The maximum absolute atomic E-state index is 4.11. The van der Waals surface area contributed by atoms with Gasteiger partial charge in [0.1, 0.15) is 0 Å². The highest BCUT2D eigenvalue weighted by Crippen LogP contribution is 2.28. The maximum Gasteiger partial charge on any atom is 0.0349 e. The first-order valence-electron chi connectivity index (χ1n) is 4.15. The number of pyridine rings is 1. The minimum Gasteiger partial charge on any atom is -0.264 e. The zero-order valence-electron chi connectivity index (χ0n) is 6.90. The summed E-state index contributed by atoms with van der Waals surface area (Å²) in [6.45, 7) is 0. The number of benzene rings is 1. The van der Waals surface area contributed by atoms with E-state index in [2.05, 4.69) is 34.6 Å². The Balaban J connectivity index is 2.65. The normalized spacial score (nSPS) is 11.1. The van der Waals surface area contributed by atoms with E-state index < -0.39 is 0 Å². The summed E-state index contributed by atoms with van der Waals surface area (Å²) in [5, 5.41) is 5.98. The van der Waals surface area contributed by atoms with Crippen LogP contribution in [0.4, 0.5) is 0 Å². The summed E-state index contributed by atoms with van der Waals surface area (Å²) in [4.78, 5) is 4.11. The lowest BCUT2D eigenvalue weighted by Crippen LogP contribution is -1.74. The molecule has 3 aromatic rings. The molecule has 0 saturated heterocycles. The molecule has 2 heterocycles. The van der Waals surface area contributed by atoms with Gasteiger partial charge >= 0.3 is 0 Å². The SMILES string of the molecule is c1cc2c(ccc3sccc32)cn1. The van der Waals surface area contributed by atoms with E-state index in [-0.39, 0.29) is 0 Å². The van der Waals surface area contributed by atoms with Gasteiger partial charge in [0, 0.05) is 27.9 Å². The van der Waals surface area contributed by atoms with Crippen LogP contribution in [0.1, 0.15) is 0 Å². The number of aromatic nitrogens is 1. The second-order valence-corrected chi connectivity index (χ2v) is 3.94. The fourth-order valence-electron chi connectivity index (χ4n) is 1.62. The molecule has 0 amide bonds. The summed E-state index contributed by atoms with van der Waals surface area (Å²) in [7, 11) is 0. The maximum atomic E-state index is 4.11. The second kappa shape index (κ2) is 2.54. The van der Waals surface area contributed by atoms with Gasteiger partial charge in [-0.15, -0.1) is 11.3 Å². The van der Waals surface area contributed by atoms with Crippen LogP contribution < -0.4 is 0 Å². The van der Waals surface area contributed by atoms with Gasteiger partial charge < -0.3 is 0 Å². The molecular weight excluding hydrogens is 178 g/mol. The van der Waals surface area contributed by atoms with E-state index in [1.54, 1.807) is 11.3 Å². The number of nitrogens with zero attached hydrogens (tertiary/aromatic N) is 1. The van der Waals surface area contributed by atoms with Crippen LogP contribution in [0.15, 0.2) is 42.0 Å². The minimum atomic E-state index is 1.22. The van der Waals surface area contributed by atoms with Crippen LogP contribution in [-0.4, -0.2) is 4.98 Å². The quantitative estimate of drug-likeness (QED) is 0.522. The first-order valence-corrected chi connectivity index (χ1v) is 5.03. The average molecular weight is 185 g/mol. The van der Waals surface area contributed by atoms with Gasteiger partial charge in [-0.1, -0.05) is 6.07 Å². The molecule has 3 rings (SSSR count). The van der Waals surface area contributed by atoms with Crippen molar-refractivity contribution in [3.8, 4) is 0 Å². The van der Waals surface area contributed by atoms with Crippen molar-refractivity contribution in [1.29, 1.82) is 0 Å². The van der Waals surface area contributed by atoms with Crippen LogP contribution in [0.25, 0.3) is 20.9 Å². The fourth-order valence-corrected chi connectivity index (χ4v) is 2.43. The Morgan fingerprint density at radius 3 is 3.00 bits per heavy atom. The van der Waals surface area contributed by atoms with Crippen LogP contribution in [-0.2, 0) is 0 Å². The summed E-state index contributed by atoms with van der Waals surface area (Å²) in [5.74, 6) is 0. The third-order valence-corrected chi connectivity index (χ3v) is 3.13. The largest absolute Gasteiger partial charge is 0.264 e. The van der Waals surface area contributed by atoms with Crippen LogP contribution >= 0.6 is 11.3 Å². The van der Waals surface area contributed by atoms with E-state index in [4.69, 9.17) is 0 Å². The summed E-state index contributed by atoms with van der Waals surface area (Å²) in [6.07, 6.45) is 3.76. The van der Waals surface area contributed by atoms with E-state index in [1.807, 2.05) is 12.4 Å². The molecule has 0 aliphatic rings. The molecule has 0 aliphatic carbocycles. The average Bonchev–Trinajstić information content (AvgIpc) is 2.65. The van der Waals surface area contributed by atoms with Crippen molar-refractivity contribution in [1.82, 2.24) is 4.98 Å². The highest BCUT2D eigenvalue weighted by molar-refractivity contribution is 7.17. The first-order chi connectivity index (χ1) is 6.45. The van der Waals surface area contributed by atoms with Crippen molar-refractivity contribution < 1.29 is 0 Å². The lowest BCUT2D eigenvalue weighted by atomic mass is 10.1. The van der Waals surface area contributed by atoms with Crippen molar-refractivity contribution in [2.75, 3.05) is 0 Å². The smallest absolute Gasteiger partial charge is 0.0349 e. The zero-order chi connectivity index (χ0) is 8.67. The summed E-state index contributed by atoms with van der Waals surface area (Å²) >= 11 is 1.78. The number of thiophene rings is 1. The molecule has 2 aromatic heterocycles. The van der Waals surface area contributed by atoms with E-state index in [1.165, 1.54) is 20.9 Å². The van der Waals surface area contributed by atoms with Gasteiger partial charge in [-0.2, -0.15) is 0 Å². The molecule has 0 fully saturated rings. The molecule has 0 aliphatic heterocycles. The molecule has 62 valence electrons. The van der Waals surface area contributed by atoms with Gasteiger partial charge in [0.25, 0.3) is 0 Å². The van der Waals surface area contributed by atoms with Gasteiger partial charge in [-0.3, -0.25) is 4.98 Å².